The van der Waals surface area contributed by atoms with Gasteiger partial charge in [-0.15, -0.1) is 0 Å². The summed E-state index contributed by atoms with van der Waals surface area (Å²) in [6.07, 6.45) is -0.972. The molecule has 0 aromatic heterocycles. The van der Waals surface area contributed by atoms with E-state index in [4.69, 9.17) is 15.5 Å². The highest BCUT2D eigenvalue weighted by molar-refractivity contribution is 9.09. The third-order valence-corrected chi connectivity index (χ3v) is 1.46. The monoisotopic (exact) mass is 179 g/mol. The van der Waals surface area contributed by atoms with Crippen molar-refractivity contribution in [1.82, 2.24) is 0 Å². The number of aliphatic hydroxyl groups excluding tert-OH is 2. The molecule has 0 rings (SSSR count). The van der Waals surface area contributed by atoms with Crippen LogP contribution < -0.4 is 0 Å². The van der Waals surface area contributed by atoms with E-state index in [1.807, 2.05) is 0 Å². The first-order valence-electron chi connectivity index (χ1n) is 2.05. The number of aliphatic hydroxyl groups is 2. The molecule has 46 valence electrons. The third kappa shape index (κ3) is 2.26. The fraction of sp³-hybridized carbons (Fsp3) is 0.750. The normalized spacial score (nSPS) is 16.8. The largest absolute Gasteiger partial charge is 0.394 e. The Balaban J connectivity index is 3.49. The van der Waals surface area contributed by atoms with Gasteiger partial charge in [0.05, 0.1) is 12.7 Å². The van der Waals surface area contributed by atoms with Gasteiger partial charge in [-0.25, -0.2) is 0 Å². The molecule has 0 aromatic carbocycles. The zero-order chi connectivity index (χ0) is 6.57. The van der Waals surface area contributed by atoms with Crippen molar-refractivity contribution in [2.24, 2.45) is 0 Å². The lowest BCUT2D eigenvalue weighted by atomic mass is 10.3. The zero-order valence-electron chi connectivity index (χ0n) is 4.08. The van der Waals surface area contributed by atoms with Crippen molar-refractivity contribution in [2.45, 2.75) is 10.9 Å². The van der Waals surface area contributed by atoms with E-state index >= 15 is 0 Å². The highest BCUT2D eigenvalue weighted by Crippen LogP contribution is 2.02. The number of hydrogen-bond donors (Lipinski definition) is 2. The van der Waals surface area contributed by atoms with Gasteiger partial charge in [-0.05, 0) is 0 Å². The van der Waals surface area contributed by atoms with E-state index in [9.17, 15) is 0 Å². The molecule has 0 amide bonds. The predicted octanol–water partition coefficient (Wildman–Crippen LogP) is -0.373. The topological polar surface area (TPSA) is 64.2 Å². The first-order valence-corrected chi connectivity index (χ1v) is 2.96. The number of halogens is 1. The number of nitrogens with zero attached hydrogens (tertiary/aromatic N) is 1. The van der Waals surface area contributed by atoms with Crippen LogP contribution >= 0.6 is 15.9 Å². The molecule has 8 heavy (non-hydrogen) atoms. The van der Waals surface area contributed by atoms with Gasteiger partial charge in [0.15, 0.2) is 0 Å². The Morgan fingerprint density at radius 1 is 1.75 bits per heavy atom. The molecule has 0 saturated carbocycles. The van der Waals surface area contributed by atoms with Crippen LogP contribution in [0.25, 0.3) is 0 Å². The van der Waals surface area contributed by atoms with Gasteiger partial charge in [0.1, 0.15) is 10.9 Å². The van der Waals surface area contributed by atoms with Crippen molar-refractivity contribution in [3.05, 3.63) is 0 Å². The summed E-state index contributed by atoms with van der Waals surface area (Å²) in [7, 11) is 0. The molecule has 0 saturated heterocycles. The van der Waals surface area contributed by atoms with E-state index in [0.29, 0.717) is 0 Å². The minimum absolute atomic E-state index is 0.385. The average Bonchev–Trinajstić information content (AvgIpc) is 1.84. The Kier molecular flexibility index (Phi) is 3.79. The molecule has 3 nitrogen and oxygen atoms in total. The molecule has 0 bridgehead atoms. The van der Waals surface area contributed by atoms with Gasteiger partial charge in [0.25, 0.3) is 0 Å². The number of alkyl halides is 1. The molecule has 0 aliphatic carbocycles. The predicted molar refractivity (Wildman–Crippen MR) is 31.4 cm³/mol. The van der Waals surface area contributed by atoms with Crippen molar-refractivity contribution in [3.8, 4) is 6.07 Å². The Hall–Kier alpha value is -0.110. The van der Waals surface area contributed by atoms with Gasteiger partial charge in [0.2, 0.25) is 0 Å². The molecule has 2 atom stereocenters. The summed E-state index contributed by atoms with van der Waals surface area (Å²) in [6, 6.07) is 1.72. The van der Waals surface area contributed by atoms with E-state index in [-0.39, 0.29) is 6.61 Å². The summed E-state index contributed by atoms with van der Waals surface area (Å²) in [5.74, 6) is 0. The van der Waals surface area contributed by atoms with Gasteiger partial charge in [0, 0.05) is 0 Å². The van der Waals surface area contributed by atoms with Crippen LogP contribution in [0.5, 0.6) is 0 Å². The minimum atomic E-state index is -0.972. The number of nitriles is 1. The molecule has 0 unspecified atom stereocenters. The van der Waals surface area contributed by atoms with E-state index < -0.39 is 10.9 Å². The van der Waals surface area contributed by atoms with Crippen molar-refractivity contribution in [1.29, 1.82) is 5.26 Å². The van der Waals surface area contributed by atoms with E-state index in [0.717, 1.165) is 0 Å². The zero-order valence-corrected chi connectivity index (χ0v) is 5.67. The third-order valence-electron chi connectivity index (χ3n) is 0.648. The standard InChI is InChI=1S/C4H6BrNO2/c5-3(1-6)4(8)2-7/h3-4,7-8H,2H2/t3-,4-/m1/s1. The SMILES string of the molecule is N#C[C@@H](Br)[C@H](O)CO. The average molecular weight is 180 g/mol. The Morgan fingerprint density at radius 2 is 2.25 bits per heavy atom. The highest BCUT2D eigenvalue weighted by Gasteiger charge is 2.12. The van der Waals surface area contributed by atoms with Crippen molar-refractivity contribution in [3.63, 3.8) is 0 Å². The molecule has 4 heteroatoms. The maximum Gasteiger partial charge on any atom is 0.129 e. The summed E-state index contributed by atoms with van der Waals surface area (Å²) < 4.78 is 0. The maximum atomic E-state index is 8.61. The first-order chi connectivity index (χ1) is 3.72. The van der Waals surface area contributed by atoms with Crippen molar-refractivity contribution >= 4 is 15.9 Å². The van der Waals surface area contributed by atoms with E-state index in [1.165, 1.54) is 0 Å². The fourth-order valence-electron chi connectivity index (χ4n) is 0.179. The lowest BCUT2D eigenvalue weighted by Crippen LogP contribution is -2.22. The summed E-state index contributed by atoms with van der Waals surface area (Å²) in [5, 5.41) is 24.9. The van der Waals surface area contributed by atoms with Crippen molar-refractivity contribution < 1.29 is 10.2 Å². The lowest BCUT2D eigenvalue weighted by Gasteiger charge is -2.04. The van der Waals surface area contributed by atoms with Gasteiger partial charge in [-0.1, -0.05) is 15.9 Å². The molecule has 2 N–H and O–H groups in total. The number of rotatable bonds is 2. The van der Waals surface area contributed by atoms with Crippen LogP contribution in [0.1, 0.15) is 0 Å². The molecule has 0 radical (unpaired) electrons. The summed E-state index contributed by atoms with van der Waals surface area (Å²) in [6.45, 7) is -0.385. The van der Waals surface area contributed by atoms with Gasteiger partial charge < -0.3 is 10.2 Å². The maximum absolute atomic E-state index is 8.61. The smallest absolute Gasteiger partial charge is 0.129 e. The second-order valence-corrected chi connectivity index (χ2v) is 2.27. The molecule has 0 aliphatic heterocycles. The highest BCUT2D eigenvalue weighted by atomic mass is 79.9. The second kappa shape index (κ2) is 3.84. The van der Waals surface area contributed by atoms with E-state index in [2.05, 4.69) is 15.9 Å². The summed E-state index contributed by atoms with van der Waals surface area (Å²) >= 11 is 2.83. The molecule has 0 aliphatic rings. The Morgan fingerprint density at radius 3 is 2.38 bits per heavy atom. The van der Waals surface area contributed by atoms with Crippen LogP contribution in [0, 0.1) is 11.3 Å². The van der Waals surface area contributed by atoms with Crippen LogP contribution in [0.3, 0.4) is 0 Å². The number of hydrogen-bond acceptors (Lipinski definition) is 3. The summed E-state index contributed by atoms with van der Waals surface area (Å²) in [5.41, 5.74) is 0. The molecule has 0 aromatic rings. The molecule has 0 fully saturated rings. The van der Waals surface area contributed by atoms with Crippen LogP contribution in [-0.4, -0.2) is 27.8 Å². The van der Waals surface area contributed by atoms with Gasteiger partial charge in [-0.3, -0.25) is 0 Å². The summed E-state index contributed by atoms with van der Waals surface area (Å²) in [4.78, 5) is -0.660. The fourth-order valence-corrected chi connectivity index (χ4v) is 0.346. The van der Waals surface area contributed by atoms with Gasteiger partial charge >= 0.3 is 0 Å². The Bertz CT molecular complexity index is 101. The molecular weight excluding hydrogens is 174 g/mol. The van der Waals surface area contributed by atoms with Crippen LogP contribution in [0.15, 0.2) is 0 Å². The first kappa shape index (κ1) is 7.89. The Labute approximate surface area is 55.7 Å². The van der Waals surface area contributed by atoms with Crippen molar-refractivity contribution in [2.75, 3.05) is 6.61 Å². The quantitative estimate of drug-likeness (QED) is 0.569. The minimum Gasteiger partial charge on any atom is -0.394 e. The van der Waals surface area contributed by atoms with Crippen LogP contribution in [0.2, 0.25) is 0 Å². The van der Waals surface area contributed by atoms with E-state index in [1.54, 1.807) is 6.07 Å². The van der Waals surface area contributed by atoms with Crippen LogP contribution in [0.4, 0.5) is 0 Å². The molecule has 0 spiro atoms. The van der Waals surface area contributed by atoms with Crippen LogP contribution in [-0.2, 0) is 0 Å². The molecule has 0 heterocycles. The van der Waals surface area contributed by atoms with Gasteiger partial charge in [-0.2, -0.15) is 5.26 Å². The lowest BCUT2D eigenvalue weighted by molar-refractivity contribution is 0.104. The molecular formula is C4H6BrNO2. The second-order valence-electron chi connectivity index (χ2n) is 1.28.